The van der Waals surface area contributed by atoms with Crippen LogP contribution in [0.25, 0.3) is 11.1 Å². The number of ether oxygens (including phenoxy) is 1. The number of carbonyl (C=O) groups is 2. The Morgan fingerprint density at radius 3 is 2.27 bits per heavy atom. The van der Waals surface area contributed by atoms with E-state index in [0.717, 1.165) is 28.1 Å². The quantitative estimate of drug-likeness (QED) is 0.651. The second-order valence-corrected chi connectivity index (χ2v) is 7.41. The number of nitrogens with zero attached hydrogens (tertiary/aromatic N) is 2. The number of fused-ring (bicyclic) bond motifs is 3. The van der Waals surface area contributed by atoms with Gasteiger partial charge in [-0.25, -0.2) is 9.78 Å². The number of aliphatic carboxylic acids is 1. The first-order valence-corrected chi connectivity index (χ1v) is 9.77. The largest absolute Gasteiger partial charge is 0.481 e. The minimum Gasteiger partial charge on any atom is -0.481 e. The van der Waals surface area contributed by atoms with Gasteiger partial charge >= 0.3 is 12.1 Å². The summed E-state index contributed by atoms with van der Waals surface area (Å²) >= 11 is 0. The molecule has 1 aliphatic carbocycles. The standard InChI is InChI=1S/C23H23N3O4/c1-14-24-12-21(26(14)2)20(11-22(27)28)25-23(29)30-13-19-17-9-5-3-7-15(17)16-8-4-6-10-18(16)19/h3-10,12,19-20H,11,13H2,1-2H3,(H,25,29)(H,27,28)/t20-/m1/s1. The molecule has 3 aromatic rings. The summed E-state index contributed by atoms with van der Waals surface area (Å²) in [5.74, 6) is -0.340. The molecule has 4 rings (SSSR count). The van der Waals surface area contributed by atoms with Crippen LogP contribution in [-0.2, 0) is 16.6 Å². The molecule has 1 heterocycles. The summed E-state index contributed by atoms with van der Waals surface area (Å²) in [5, 5.41) is 11.9. The molecule has 0 bridgehead atoms. The summed E-state index contributed by atoms with van der Waals surface area (Å²) in [5.41, 5.74) is 5.16. The van der Waals surface area contributed by atoms with E-state index in [1.54, 1.807) is 17.8 Å². The number of amides is 1. The molecule has 0 radical (unpaired) electrons. The molecule has 1 amide bonds. The Morgan fingerprint density at radius 1 is 1.13 bits per heavy atom. The number of hydrogen-bond donors (Lipinski definition) is 2. The van der Waals surface area contributed by atoms with Gasteiger partial charge in [0.05, 0.1) is 24.4 Å². The van der Waals surface area contributed by atoms with E-state index in [9.17, 15) is 14.7 Å². The normalized spacial score (nSPS) is 13.4. The van der Waals surface area contributed by atoms with Gasteiger partial charge in [-0.1, -0.05) is 48.5 Å². The van der Waals surface area contributed by atoms with Gasteiger partial charge in [0.1, 0.15) is 12.4 Å². The van der Waals surface area contributed by atoms with Crippen molar-refractivity contribution in [3.05, 3.63) is 77.4 Å². The highest BCUT2D eigenvalue weighted by Gasteiger charge is 2.29. The van der Waals surface area contributed by atoms with Crippen LogP contribution in [0.2, 0.25) is 0 Å². The van der Waals surface area contributed by atoms with Crippen molar-refractivity contribution in [3.63, 3.8) is 0 Å². The second-order valence-electron chi connectivity index (χ2n) is 7.41. The average Bonchev–Trinajstić information content (AvgIpc) is 3.23. The molecule has 0 unspecified atom stereocenters. The lowest BCUT2D eigenvalue weighted by Crippen LogP contribution is -2.32. The van der Waals surface area contributed by atoms with Gasteiger partial charge < -0.3 is 19.7 Å². The third kappa shape index (κ3) is 3.66. The summed E-state index contributed by atoms with van der Waals surface area (Å²) in [7, 11) is 1.78. The summed E-state index contributed by atoms with van der Waals surface area (Å²) in [6, 6.07) is 15.5. The van der Waals surface area contributed by atoms with E-state index >= 15 is 0 Å². The van der Waals surface area contributed by atoms with Gasteiger partial charge in [-0.3, -0.25) is 4.79 Å². The Hall–Kier alpha value is -3.61. The smallest absolute Gasteiger partial charge is 0.407 e. The minimum atomic E-state index is -1.02. The predicted octanol–water partition coefficient (Wildman–Crippen LogP) is 3.78. The Labute approximate surface area is 174 Å². The SMILES string of the molecule is Cc1ncc([C@@H](CC(=O)O)NC(=O)OCC2c3ccccc3-c3ccccc32)n1C. The molecule has 7 heteroatoms. The average molecular weight is 405 g/mol. The maximum Gasteiger partial charge on any atom is 0.407 e. The van der Waals surface area contributed by atoms with Gasteiger partial charge in [0.15, 0.2) is 0 Å². The fraction of sp³-hybridized carbons (Fsp3) is 0.261. The highest BCUT2D eigenvalue weighted by Crippen LogP contribution is 2.44. The Balaban J connectivity index is 1.49. The van der Waals surface area contributed by atoms with Crippen molar-refractivity contribution in [1.82, 2.24) is 14.9 Å². The predicted molar refractivity (Wildman–Crippen MR) is 111 cm³/mol. The van der Waals surface area contributed by atoms with Gasteiger partial charge in [0, 0.05) is 13.0 Å². The maximum absolute atomic E-state index is 12.6. The minimum absolute atomic E-state index is 0.0555. The summed E-state index contributed by atoms with van der Waals surface area (Å²) in [4.78, 5) is 28.0. The highest BCUT2D eigenvalue weighted by molar-refractivity contribution is 5.79. The van der Waals surface area contributed by atoms with Crippen molar-refractivity contribution < 1.29 is 19.4 Å². The van der Waals surface area contributed by atoms with Crippen molar-refractivity contribution in [2.24, 2.45) is 7.05 Å². The zero-order valence-corrected chi connectivity index (χ0v) is 16.8. The summed E-state index contributed by atoms with van der Waals surface area (Å²) in [6.07, 6.45) is 0.664. The molecule has 0 spiro atoms. The third-order valence-corrected chi connectivity index (χ3v) is 5.63. The van der Waals surface area contributed by atoms with E-state index in [1.807, 2.05) is 43.3 Å². The van der Waals surface area contributed by atoms with E-state index in [-0.39, 0.29) is 18.9 Å². The molecular weight excluding hydrogens is 382 g/mol. The molecule has 0 saturated carbocycles. The van der Waals surface area contributed by atoms with Crippen molar-refractivity contribution in [2.75, 3.05) is 6.61 Å². The third-order valence-electron chi connectivity index (χ3n) is 5.63. The van der Waals surface area contributed by atoms with Crippen molar-refractivity contribution in [1.29, 1.82) is 0 Å². The summed E-state index contributed by atoms with van der Waals surface area (Å²) < 4.78 is 7.31. The van der Waals surface area contributed by atoms with Crippen molar-refractivity contribution >= 4 is 12.1 Å². The number of benzene rings is 2. The molecule has 2 N–H and O–H groups in total. The van der Waals surface area contributed by atoms with Crippen LogP contribution in [0.15, 0.2) is 54.7 Å². The number of hydrogen-bond acceptors (Lipinski definition) is 4. The molecule has 0 saturated heterocycles. The number of imidazole rings is 1. The molecule has 30 heavy (non-hydrogen) atoms. The number of carboxylic acid groups (broad SMARTS) is 1. The van der Waals surface area contributed by atoms with Crippen LogP contribution >= 0.6 is 0 Å². The van der Waals surface area contributed by atoms with E-state index in [0.29, 0.717) is 5.69 Å². The molecule has 7 nitrogen and oxygen atoms in total. The van der Waals surface area contributed by atoms with Crippen LogP contribution in [0.1, 0.15) is 41.0 Å². The second kappa shape index (κ2) is 8.02. The number of carbonyl (C=O) groups excluding carboxylic acids is 1. The van der Waals surface area contributed by atoms with E-state index in [1.165, 1.54) is 0 Å². The lowest BCUT2D eigenvalue weighted by atomic mass is 9.98. The first-order chi connectivity index (χ1) is 14.5. The van der Waals surface area contributed by atoms with E-state index in [4.69, 9.17) is 4.74 Å². The van der Waals surface area contributed by atoms with Crippen molar-refractivity contribution in [3.8, 4) is 11.1 Å². The Bertz CT molecular complexity index is 1060. The number of rotatable bonds is 6. The zero-order chi connectivity index (χ0) is 21.3. The zero-order valence-electron chi connectivity index (χ0n) is 16.8. The molecule has 154 valence electrons. The van der Waals surface area contributed by atoms with E-state index < -0.39 is 18.1 Å². The molecule has 1 aromatic heterocycles. The van der Waals surface area contributed by atoms with Crippen LogP contribution in [0.5, 0.6) is 0 Å². The van der Waals surface area contributed by atoms with Gasteiger partial charge in [0.25, 0.3) is 0 Å². The fourth-order valence-corrected chi connectivity index (χ4v) is 4.03. The lowest BCUT2D eigenvalue weighted by molar-refractivity contribution is -0.137. The Morgan fingerprint density at radius 2 is 1.73 bits per heavy atom. The number of aromatic nitrogens is 2. The maximum atomic E-state index is 12.6. The number of nitrogens with one attached hydrogen (secondary N) is 1. The number of aryl methyl sites for hydroxylation is 1. The number of alkyl carbamates (subject to hydrolysis) is 1. The molecule has 1 aliphatic rings. The first-order valence-electron chi connectivity index (χ1n) is 9.77. The van der Waals surface area contributed by atoms with Gasteiger partial charge in [0.2, 0.25) is 0 Å². The molecule has 2 aromatic carbocycles. The van der Waals surface area contributed by atoms with Gasteiger partial charge in [-0.2, -0.15) is 0 Å². The van der Waals surface area contributed by atoms with Crippen molar-refractivity contribution in [2.45, 2.75) is 25.3 Å². The fourth-order valence-electron chi connectivity index (χ4n) is 4.03. The van der Waals surface area contributed by atoms with Crippen LogP contribution in [0.4, 0.5) is 4.79 Å². The lowest BCUT2D eigenvalue weighted by Gasteiger charge is -2.19. The van der Waals surface area contributed by atoms with Gasteiger partial charge in [-0.05, 0) is 29.2 Å². The molecule has 0 aliphatic heterocycles. The van der Waals surface area contributed by atoms with Gasteiger partial charge in [-0.15, -0.1) is 0 Å². The highest BCUT2D eigenvalue weighted by atomic mass is 16.5. The van der Waals surface area contributed by atoms with E-state index in [2.05, 4.69) is 22.4 Å². The first kappa shape index (κ1) is 19.7. The van der Waals surface area contributed by atoms with Crippen LogP contribution in [-0.4, -0.2) is 33.3 Å². The molecular formula is C23H23N3O4. The van der Waals surface area contributed by atoms with Crippen LogP contribution < -0.4 is 5.32 Å². The molecule has 1 atom stereocenters. The molecule has 0 fully saturated rings. The van der Waals surface area contributed by atoms with Crippen LogP contribution in [0.3, 0.4) is 0 Å². The Kier molecular flexibility index (Phi) is 5.27. The summed E-state index contributed by atoms with van der Waals surface area (Å²) in [6.45, 7) is 1.98. The van der Waals surface area contributed by atoms with Crippen LogP contribution in [0, 0.1) is 6.92 Å². The monoisotopic (exact) mass is 405 g/mol. The number of carboxylic acids is 1. The topological polar surface area (TPSA) is 93.4 Å².